The molecule has 8 heteroatoms. The van der Waals surface area contributed by atoms with Gasteiger partial charge in [-0.2, -0.15) is 0 Å². The first-order valence-electron chi connectivity index (χ1n) is 21.5. The van der Waals surface area contributed by atoms with Gasteiger partial charge in [0.25, 0.3) is 0 Å². The standard InChI is InChI=1S/C49H77NO7/c1-6-8-10-12-14-16-18-20-22-23-24-26-28-30-32-34-36-38-40-48(52)57-45(43-55-42-41-46(49(53)54)50(3,4)5)44-56-47(51)39-37-35-33-31-29-27-25-21-19-17-15-13-11-9-7-2/h9,11,13-27,29,45-46H,6-8,10,12,28,30-44H2,1-5H3/p+1/b11-9+,15-13+,16-14+,19-17+,20-18+,23-22+,25-21+,26-24+,29-27+. The molecular weight excluding hydrogens is 715 g/mol. The summed E-state index contributed by atoms with van der Waals surface area (Å²) in [4.78, 5) is 37.0. The molecule has 0 rings (SSSR count). The summed E-state index contributed by atoms with van der Waals surface area (Å²) in [6.07, 6.45) is 52.7. The molecule has 2 unspecified atom stereocenters. The van der Waals surface area contributed by atoms with Gasteiger partial charge < -0.3 is 23.8 Å². The Bertz CT molecular complexity index is 1290. The van der Waals surface area contributed by atoms with E-state index in [9.17, 15) is 19.5 Å². The van der Waals surface area contributed by atoms with Gasteiger partial charge in [-0.25, -0.2) is 4.79 Å². The second kappa shape index (κ2) is 38.8. The van der Waals surface area contributed by atoms with Crippen LogP contribution >= 0.6 is 0 Å². The van der Waals surface area contributed by atoms with Crippen molar-refractivity contribution < 1.29 is 38.2 Å². The molecule has 0 aliphatic carbocycles. The van der Waals surface area contributed by atoms with E-state index >= 15 is 0 Å². The van der Waals surface area contributed by atoms with Crippen molar-refractivity contribution in [2.75, 3.05) is 41.0 Å². The lowest BCUT2D eigenvalue weighted by Crippen LogP contribution is -2.50. The number of unbranched alkanes of at least 4 members (excludes halogenated alkanes) is 11. The van der Waals surface area contributed by atoms with Crippen LogP contribution in [0.2, 0.25) is 0 Å². The number of carbonyl (C=O) groups is 3. The molecule has 1 N–H and O–H groups in total. The van der Waals surface area contributed by atoms with Gasteiger partial charge in [-0.15, -0.1) is 0 Å². The lowest BCUT2D eigenvalue weighted by atomic mass is 10.1. The number of esters is 2. The number of nitrogens with zero attached hydrogens (tertiary/aromatic N) is 1. The molecule has 0 fully saturated rings. The lowest BCUT2D eigenvalue weighted by molar-refractivity contribution is -0.887. The van der Waals surface area contributed by atoms with Gasteiger partial charge in [-0.1, -0.05) is 162 Å². The fourth-order valence-corrected chi connectivity index (χ4v) is 5.53. The van der Waals surface area contributed by atoms with Gasteiger partial charge in [0.2, 0.25) is 0 Å². The lowest BCUT2D eigenvalue weighted by Gasteiger charge is -2.31. The zero-order chi connectivity index (χ0) is 42.1. The Balaban J connectivity index is 4.53. The van der Waals surface area contributed by atoms with Gasteiger partial charge in [-0.05, 0) is 57.8 Å². The second-order valence-corrected chi connectivity index (χ2v) is 15.1. The van der Waals surface area contributed by atoms with Crippen molar-refractivity contribution in [3.63, 3.8) is 0 Å². The summed E-state index contributed by atoms with van der Waals surface area (Å²) in [6.45, 7) is 4.45. The first kappa shape index (κ1) is 53.0. The molecule has 0 aromatic heterocycles. The predicted octanol–water partition coefficient (Wildman–Crippen LogP) is 11.7. The monoisotopic (exact) mass is 793 g/mol. The van der Waals surface area contributed by atoms with Crippen molar-refractivity contribution in [3.05, 3.63) is 109 Å². The van der Waals surface area contributed by atoms with E-state index in [1.54, 1.807) is 0 Å². The molecular formula is C49H78NO7+. The molecule has 0 saturated heterocycles. The molecule has 0 radical (unpaired) electrons. The molecule has 0 aromatic carbocycles. The normalized spacial score (nSPS) is 14.1. The fraction of sp³-hybridized carbons (Fsp3) is 0.571. The van der Waals surface area contributed by atoms with Gasteiger partial charge in [0, 0.05) is 19.3 Å². The summed E-state index contributed by atoms with van der Waals surface area (Å²) in [7, 11) is 5.48. The Kier molecular flexibility index (Phi) is 36.1. The third kappa shape index (κ3) is 37.3. The van der Waals surface area contributed by atoms with Crippen molar-refractivity contribution in [1.29, 1.82) is 0 Å². The molecule has 0 amide bonds. The smallest absolute Gasteiger partial charge is 0.362 e. The number of quaternary nitrogens is 1. The minimum atomic E-state index is -0.892. The molecule has 0 heterocycles. The third-order valence-corrected chi connectivity index (χ3v) is 8.88. The molecule has 0 spiro atoms. The zero-order valence-electron chi connectivity index (χ0n) is 36.2. The van der Waals surface area contributed by atoms with Crippen molar-refractivity contribution in [3.8, 4) is 0 Å². The highest BCUT2D eigenvalue weighted by Gasteiger charge is 2.31. The largest absolute Gasteiger partial charge is 0.477 e. The van der Waals surface area contributed by atoms with Crippen LogP contribution in [-0.4, -0.2) is 80.6 Å². The SMILES string of the molecule is CC/C=C/C=C/C=C/C=C/C=C/CCCCCC(=O)OCC(COCCC(C(=O)O)[N+](C)(C)C)OC(=O)CCCCCCC/C=C/C=C/C=C/C=C/CCCCC. The van der Waals surface area contributed by atoms with E-state index in [-0.39, 0.29) is 42.7 Å². The van der Waals surface area contributed by atoms with Crippen LogP contribution in [0.4, 0.5) is 0 Å². The van der Waals surface area contributed by atoms with E-state index in [4.69, 9.17) is 14.2 Å². The fourth-order valence-electron chi connectivity index (χ4n) is 5.53. The van der Waals surface area contributed by atoms with Gasteiger partial charge in [-0.3, -0.25) is 9.59 Å². The molecule has 0 saturated carbocycles. The Morgan fingerprint density at radius 2 is 0.982 bits per heavy atom. The van der Waals surface area contributed by atoms with Crippen LogP contribution < -0.4 is 0 Å². The molecule has 57 heavy (non-hydrogen) atoms. The summed E-state index contributed by atoms with van der Waals surface area (Å²) >= 11 is 0. The molecule has 0 aliphatic heterocycles. The molecule has 2 atom stereocenters. The van der Waals surface area contributed by atoms with E-state index in [1.807, 2.05) is 81.9 Å². The second-order valence-electron chi connectivity index (χ2n) is 15.1. The molecule has 320 valence electrons. The topological polar surface area (TPSA) is 99.1 Å². The van der Waals surface area contributed by atoms with Crippen LogP contribution in [0.1, 0.15) is 129 Å². The first-order valence-corrected chi connectivity index (χ1v) is 21.5. The van der Waals surface area contributed by atoms with Crippen molar-refractivity contribution >= 4 is 17.9 Å². The van der Waals surface area contributed by atoms with Crippen molar-refractivity contribution in [2.24, 2.45) is 0 Å². The highest BCUT2D eigenvalue weighted by molar-refractivity contribution is 5.72. The summed E-state index contributed by atoms with van der Waals surface area (Å²) in [5, 5.41) is 9.62. The number of ether oxygens (including phenoxy) is 3. The molecule has 0 aromatic rings. The molecule has 0 bridgehead atoms. The number of aliphatic carboxylic acids is 1. The van der Waals surface area contributed by atoms with Gasteiger partial charge >= 0.3 is 17.9 Å². The third-order valence-electron chi connectivity index (χ3n) is 8.88. The number of hydrogen-bond acceptors (Lipinski definition) is 6. The van der Waals surface area contributed by atoms with Crippen LogP contribution in [0, 0.1) is 0 Å². The number of carbonyl (C=O) groups excluding carboxylic acids is 2. The summed E-state index contributed by atoms with van der Waals surface area (Å²) < 4.78 is 17.2. The number of rotatable bonds is 36. The first-order chi connectivity index (χ1) is 27.6. The Hall–Kier alpha value is -4.01. The number of carboxylic acids is 1. The van der Waals surface area contributed by atoms with Crippen LogP contribution in [0.3, 0.4) is 0 Å². The number of carboxylic acid groups (broad SMARTS) is 1. The van der Waals surface area contributed by atoms with E-state index in [2.05, 4.69) is 62.5 Å². The minimum Gasteiger partial charge on any atom is -0.477 e. The number of likely N-dealkylation sites (N-methyl/N-ethyl adjacent to an activating group) is 1. The maximum atomic E-state index is 12.7. The van der Waals surface area contributed by atoms with Crippen molar-refractivity contribution in [2.45, 2.75) is 142 Å². The maximum absolute atomic E-state index is 12.7. The summed E-state index contributed by atoms with van der Waals surface area (Å²) in [5.74, 6) is -1.57. The minimum absolute atomic E-state index is 0.0290. The van der Waals surface area contributed by atoms with E-state index in [1.165, 1.54) is 19.3 Å². The van der Waals surface area contributed by atoms with Crippen LogP contribution in [0.15, 0.2) is 109 Å². The Morgan fingerprint density at radius 1 is 0.544 bits per heavy atom. The predicted molar refractivity (Wildman–Crippen MR) is 238 cm³/mol. The maximum Gasteiger partial charge on any atom is 0.362 e. The highest BCUT2D eigenvalue weighted by atomic mass is 16.6. The van der Waals surface area contributed by atoms with Gasteiger partial charge in [0.05, 0.1) is 34.4 Å². The van der Waals surface area contributed by atoms with Crippen LogP contribution in [0.5, 0.6) is 0 Å². The van der Waals surface area contributed by atoms with Crippen LogP contribution in [0.25, 0.3) is 0 Å². The number of allylic oxidation sites excluding steroid dienone is 18. The zero-order valence-corrected chi connectivity index (χ0v) is 36.2. The van der Waals surface area contributed by atoms with Gasteiger partial charge in [0.15, 0.2) is 12.1 Å². The molecule has 8 nitrogen and oxygen atoms in total. The van der Waals surface area contributed by atoms with E-state index in [0.29, 0.717) is 12.8 Å². The quantitative estimate of drug-likeness (QED) is 0.0292. The average molecular weight is 793 g/mol. The highest BCUT2D eigenvalue weighted by Crippen LogP contribution is 2.12. The number of hydrogen-bond donors (Lipinski definition) is 1. The Morgan fingerprint density at radius 3 is 1.47 bits per heavy atom. The average Bonchev–Trinajstić information content (AvgIpc) is 3.17. The van der Waals surface area contributed by atoms with Crippen LogP contribution in [-0.2, 0) is 28.6 Å². The van der Waals surface area contributed by atoms with E-state index < -0.39 is 18.1 Å². The van der Waals surface area contributed by atoms with Crippen molar-refractivity contribution in [1.82, 2.24) is 0 Å². The molecule has 0 aliphatic rings. The van der Waals surface area contributed by atoms with E-state index in [0.717, 1.165) is 77.0 Å². The summed E-state index contributed by atoms with van der Waals surface area (Å²) in [6, 6.07) is -0.633. The Labute approximate surface area is 347 Å². The summed E-state index contributed by atoms with van der Waals surface area (Å²) in [5.41, 5.74) is 0. The van der Waals surface area contributed by atoms with Gasteiger partial charge in [0.1, 0.15) is 6.61 Å².